The third-order valence-corrected chi connectivity index (χ3v) is 6.81. The standard InChI is InChI=1S/C19H29FN2O3S/c1-3-11-21(12-8-16-6-5-7-18(20)15-16)19(23)17-9-13-22(14-10-17)26(24,25)4-2/h5-7,15,17H,3-4,8-14H2,1-2H3. The summed E-state index contributed by atoms with van der Waals surface area (Å²) in [7, 11) is -3.18. The predicted octanol–water partition coefficient (Wildman–Crippen LogP) is 2.67. The van der Waals surface area contributed by atoms with Crippen LogP contribution in [0.15, 0.2) is 24.3 Å². The fourth-order valence-corrected chi connectivity index (χ4v) is 4.51. The second kappa shape index (κ2) is 9.46. The number of hydrogen-bond acceptors (Lipinski definition) is 3. The number of amides is 1. The summed E-state index contributed by atoms with van der Waals surface area (Å²) in [6, 6.07) is 6.46. The van der Waals surface area contributed by atoms with E-state index < -0.39 is 10.0 Å². The first-order chi connectivity index (χ1) is 12.4. The summed E-state index contributed by atoms with van der Waals surface area (Å²) in [5.41, 5.74) is 0.878. The highest BCUT2D eigenvalue weighted by atomic mass is 32.2. The summed E-state index contributed by atoms with van der Waals surface area (Å²) in [6.07, 6.45) is 2.61. The Morgan fingerprint density at radius 3 is 2.50 bits per heavy atom. The van der Waals surface area contributed by atoms with Gasteiger partial charge in [-0.15, -0.1) is 0 Å². The van der Waals surface area contributed by atoms with Gasteiger partial charge in [-0.05, 0) is 50.3 Å². The Morgan fingerprint density at radius 2 is 1.92 bits per heavy atom. The Hall–Kier alpha value is -1.47. The summed E-state index contributed by atoms with van der Waals surface area (Å²) < 4.78 is 38.7. The van der Waals surface area contributed by atoms with E-state index in [4.69, 9.17) is 0 Å². The van der Waals surface area contributed by atoms with E-state index in [9.17, 15) is 17.6 Å². The lowest BCUT2D eigenvalue weighted by atomic mass is 9.96. The van der Waals surface area contributed by atoms with Gasteiger partial charge in [-0.25, -0.2) is 17.1 Å². The molecular formula is C19H29FN2O3S. The minimum atomic E-state index is -3.18. The van der Waals surface area contributed by atoms with E-state index in [-0.39, 0.29) is 23.4 Å². The number of benzene rings is 1. The Bertz CT molecular complexity index is 700. The van der Waals surface area contributed by atoms with Crippen molar-refractivity contribution in [3.63, 3.8) is 0 Å². The molecule has 1 fully saturated rings. The summed E-state index contributed by atoms with van der Waals surface area (Å²) in [6.45, 7) is 5.72. The molecule has 0 aliphatic carbocycles. The molecule has 7 heteroatoms. The number of carbonyl (C=O) groups is 1. The fourth-order valence-electron chi connectivity index (χ4n) is 3.38. The van der Waals surface area contributed by atoms with Crippen LogP contribution in [0.4, 0.5) is 4.39 Å². The quantitative estimate of drug-likeness (QED) is 0.692. The molecule has 1 aliphatic heterocycles. The number of piperidine rings is 1. The van der Waals surface area contributed by atoms with Crippen molar-refractivity contribution in [2.45, 2.75) is 39.5 Å². The summed E-state index contributed by atoms with van der Waals surface area (Å²) in [5, 5.41) is 0. The topological polar surface area (TPSA) is 57.7 Å². The normalized spacial score (nSPS) is 16.6. The van der Waals surface area contributed by atoms with Crippen molar-refractivity contribution in [1.29, 1.82) is 0 Å². The first-order valence-corrected chi connectivity index (χ1v) is 11.0. The molecule has 0 atom stereocenters. The Morgan fingerprint density at radius 1 is 1.23 bits per heavy atom. The zero-order valence-corrected chi connectivity index (χ0v) is 16.5. The van der Waals surface area contributed by atoms with Crippen molar-refractivity contribution in [3.8, 4) is 0 Å². The van der Waals surface area contributed by atoms with Crippen molar-refractivity contribution >= 4 is 15.9 Å². The maximum absolute atomic E-state index is 13.3. The number of rotatable bonds is 8. The average Bonchev–Trinajstić information content (AvgIpc) is 2.64. The molecule has 1 heterocycles. The smallest absolute Gasteiger partial charge is 0.225 e. The second-order valence-corrected chi connectivity index (χ2v) is 9.04. The Labute approximate surface area is 156 Å². The molecule has 1 amide bonds. The monoisotopic (exact) mass is 384 g/mol. The van der Waals surface area contributed by atoms with Gasteiger partial charge in [0.05, 0.1) is 5.75 Å². The Kier molecular flexibility index (Phi) is 7.58. The number of carbonyl (C=O) groups excluding carboxylic acids is 1. The molecule has 1 aliphatic rings. The zero-order chi connectivity index (χ0) is 19.2. The molecule has 0 bridgehead atoms. The molecule has 0 spiro atoms. The lowest BCUT2D eigenvalue weighted by Gasteiger charge is -2.33. The largest absolute Gasteiger partial charge is 0.342 e. The highest BCUT2D eigenvalue weighted by molar-refractivity contribution is 7.89. The van der Waals surface area contributed by atoms with E-state index >= 15 is 0 Å². The molecule has 26 heavy (non-hydrogen) atoms. The van der Waals surface area contributed by atoms with Gasteiger partial charge in [-0.3, -0.25) is 4.79 Å². The molecular weight excluding hydrogens is 355 g/mol. The third-order valence-electron chi connectivity index (χ3n) is 4.93. The van der Waals surface area contributed by atoms with Crippen LogP contribution in [-0.2, 0) is 21.2 Å². The maximum atomic E-state index is 13.3. The van der Waals surface area contributed by atoms with Crippen molar-refractivity contribution in [2.24, 2.45) is 5.92 Å². The van der Waals surface area contributed by atoms with Gasteiger partial charge in [0, 0.05) is 32.1 Å². The minimum Gasteiger partial charge on any atom is -0.342 e. The van der Waals surface area contributed by atoms with Crippen molar-refractivity contribution in [3.05, 3.63) is 35.6 Å². The number of halogens is 1. The zero-order valence-electron chi connectivity index (χ0n) is 15.7. The fraction of sp³-hybridized carbons (Fsp3) is 0.632. The van der Waals surface area contributed by atoms with E-state index in [1.807, 2.05) is 17.9 Å². The molecule has 146 valence electrons. The molecule has 1 saturated heterocycles. The van der Waals surface area contributed by atoms with Crippen LogP contribution < -0.4 is 0 Å². The van der Waals surface area contributed by atoms with Gasteiger partial charge in [-0.1, -0.05) is 19.1 Å². The van der Waals surface area contributed by atoms with Crippen LogP contribution in [0.3, 0.4) is 0 Å². The van der Waals surface area contributed by atoms with Gasteiger partial charge < -0.3 is 4.90 Å². The van der Waals surface area contributed by atoms with E-state index in [1.54, 1.807) is 13.0 Å². The van der Waals surface area contributed by atoms with E-state index in [0.717, 1.165) is 12.0 Å². The highest BCUT2D eigenvalue weighted by Crippen LogP contribution is 2.22. The average molecular weight is 385 g/mol. The Balaban J connectivity index is 1.94. The molecule has 1 aromatic carbocycles. The molecule has 1 aromatic rings. The number of nitrogens with zero attached hydrogens (tertiary/aromatic N) is 2. The molecule has 0 unspecified atom stereocenters. The molecule has 5 nitrogen and oxygen atoms in total. The number of hydrogen-bond donors (Lipinski definition) is 0. The van der Waals surface area contributed by atoms with Gasteiger partial charge >= 0.3 is 0 Å². The van der Waals surface area contributed by atoms with Gasteiger partial charge in [0.2, 0.25) is 15.9 Å². The van der Waals surface area contributed by atoms with Crippen molar-refractivity contribution in [2.75, 3.05) is 31.9 Å². The lowest BCUT2D eigenvalue weighted by Crippen LogP contribution is -2.45. The molecule has 0 saturated carbocycles. The van der Waals surface area contributed by atoms with E-state index in [0.29, 0.717) is 45.4 Å². The molecule has 0 radical (unpaired) electrons. The first-order valence-electron chi connectivity index (χ1n) is 9.38. The van der Waals surface area contributed by atoms with Crippen LogP contribution >= 0.6 is 0 Å². The summed E-state index contributed by atoms with van der Waals surface area (Å²) >= 11 is 0. The first kappa shape index (κ1) is 20.8. The SMILES string of the molecule is CCCN(CCc1cccc(F)c1)C(=O)C1CCN(S(=O)(=O)CC)CC1. The van der Waals surface area contributed by atoms with Crippen LogP contribution in [0.25, 0.3) is 0 Å². The second-order valence-electron chi connectivity index (χ2n) is 6.78. The minimum absolute atomic E-state index is 0.0943. The van der Waals surface area contributed by atoms with Crippen LogP contribution in [0.2, 0.25) is 0 Å². The molecule has 0 N–H and O–H groups in total. The van der Waals surface area contributed by atoms with Crippen LogP contribution in [0.1, 0.15) is 38.7 Å². The van der Waals surface area contributed by atoms with Crippen LogP contribution in [-0.4, -0.2) is 55.5 Å². The van der Waals surface area contributed by atoms with Gasteiger partial charge in [0.15, 0.2) is 0 Å². The van der Waals surface area contributed by atoms with Gasteiger partial charge in [0.25, 0.3) is 0 Å². The molecule has 0 aromatic heterocycles. The van der Waals surface area contributed by atoms with Crippen molar-refractivity contribution in [1.82, 2.24) is 9.21 Å². The number of sulfonamides is 1. The maximum Gasteiger partial charge on any atom is 0.225 e. The van der Waals surface area contributed by atoms with Crippen LogP contribution in [0.5, 0.6) is 0 Å². The molecule has 2 rings (SSSR count). The predicted molar refractivity (Wildman–Crippen MR) is 101 cm³/mol. The van der Waals surface area contributed by atoms with Gasteiger partial charge in [0.1, 0.15) is 5.82 Å². The summed E-state index contributed by atoms with van der Waals surface area (Å²) in [4.78, 5) is 14.7. The van der Waals surface area contributed by atoms with Gasteiger partial charge in [-0.2, -0.15) is 0 Å². The summed E-state index contributed by atoms with van der Waals surface area (Å²) in [5.74, 6) is -0.198. The van der Waals surface area contributed by atoms with E-state index in [2.05, 4.69) is 0 Å². The highest BCUT2D eigenvalue weighted by Gasteiger charge is 2.32. The van der Waals surface area contributed by atoms with Crippen LogP contribution in [0, 0.1) is 11.7 Å². The lowest BCUT2D eigenvalue weighted by molar-refractivity contribution is -0.136. The van der Waals surface area contributed by atoms with Crippen molar-refractivity contribution < 1.29 is 17.6 Å². The third kappa shape index (κ3) is 5.51. The van der Waals surface area contributed by atoms with E-state index in [1.165, 1.54) is 16.4 Å².